The second-order valence-electron chi connectivity index (χ2n) is 6.88. The number of aromatic carboxylic acids is 1. The molecule has 148 valence electrons. The minimum atomic E-state index is -3.89. The molecule has 0 spiro atoms. The van der Waals surface area contributed by atoms with Crippen molar-refractivity contribution in [1.29, 1.82) is 4.78 Å². The number of carbonyl (C=O) groups excluding carboxylic acids is 1. The molecule has 0 saturated carbocycles. The van der Waals surface area contributed by atoms with Crippen molar-refractivity contribution in [1.82, 2.24) is 4.72 Å². The van der Waals surface area contributed by atoms with Crippen LogP contribution in [0.15, 0.2) is 21.8 Å². The van der Waals surface area contributed by atoms with Crippen LogP contribution in [0.25, 0.3) is 0 Å². The first-order valence-corrected chi connectivity index (χ1v) is 10.4. The van der Waals surface area contributed by atoms with Crippen molar-refractivity contribution in [2.75, 3.05) is 5.32 Å². The zero-order valence-electron chi connectivity index (χ0n) is 14.8. The van der Waals surface area contributed by atoms with Gasteiger partial charge in [0.1, 0.15) is 12.1 Å². The lowest BCUT2D eigenvalue weighted by Gasteiger charge is -2.17. The number of rotatable bonds is 4. The second-order valence-corrected chi connectivity index (χ2v) is 8.60. The summed E-state index contributed by atoms with van der Waals surface area (Å²) < 4.78 is 42.0. The Bertz CT molecular complexity index is 1070. The van der Waals surface area contributed by atoms with Crippen LogP contribution in [0.3, 0.4) is 0 Å². The Morgan fingerprint density at radius 1 is 1.11 bits per heavy atom. The predicted octanol–water partition coefficient (Wildman–Crippen LogP) is 3.24. The highest BCUT2D eigenvalue weighted by Gasteiger charge is 2.30. The molecule has 2 aliphatic carbocycles. The minimum Gasteiger partial charge on any atom is -0.478 e. The maximum absolute atomic E-state index is 14.7. The standard InChI is InChI=1S/C18H18FN3O5S/c19-15-10-3-1-5-12(10)16(13-6-2-4-11(13)15)21-18(25)22-28(20,26)14-7-9(8-27-14)17(23)24/h7-8H,1-6H2,(H,23,24)(H3,20,21,22,25,26). The fourth-order valence-corrected chi connectivity index (χ4v) is 4.83. The number of hydrogen-bond acceptors (Lipinski definition) is 5. The fourth-order valence-electron chi connectivity index (χ4n) is 3.94. The number of amides is 2. The number of fused-ring (bicyclic) bond motifs is 2. The van der Waals surface area contributed by atoms with Crippen molar-refractivity contribution in [2.45, 2.75) is 43.6 Å². The summed E-state index contributed by atoms with van der Waals surface area (Å²) in [6, 6.07) is 0.0497. The molecule has 28 heavy (non-hydrogen) atoms. The molecule has 8 nitrogen and oxygen atoms in total. The zero-order chi connectivity index (χ0) is 20.1. The van der Waals surface area contributed by atoms with E-state index in [2.05, 4.69) is 5.32 Å². The van der Waals surface area contributed by atoms with Crippen LogP contribution in [-0.2, 0) is 35.6 Å². The summed E-state index contributed by atoms with van der Waals surface area (Å²) in [5.74, 6) is -1.47. The predicted molar refractivity (Wildman–Crippen MR) is 97.4 cm³/mol. The normalized spacial score (nSPS) is 16.9. The third-order valence-corrected chi connectivity index (χ3v) is 6.40. The van der Waals surface area contributed by atoms with Gasteiger partial charge in [-0.3, -0.25) is 0 Å². The van der Waals surface area contributed by atoms with Gasteiger partial charge in [-0.25, -0.2) is 27.7 Å². The number of benzene rings is 1. The molecule has 2 aromatic rings. The molecule has 1 aromatic carbocycles. The van der Waals surface area contributed by atoms with Gasteiger partial charge in [-0.15, -0.1) is 0 Å². The molecular formula is C18H18FN3O5S. The third-order valence-electron chi connectivity index (χ3n) is 5.15. The van der Waals surface area contributed by atoms with Crippen molar-refractivity contribution in [3.8, 4) is 0 Å². The van der Waals surface area contributed by atoms with Gasteiger partial charge >= 0.3 is 12.0 Å². The molecule has 0 bridgehead atoms. The Kier molecular flexibility index (Phi) is 4.37. The van der Waals surface area contributed by atoms with E-state index in [1.807, 2.05) is 4.72 Å². The smallest absolute Gasteiger partial charge is 0.339 e. The maximum Gasteiger partial charge on any atom is 0.339 e. The van der Waals surface area contributed by atoms with Crippen LogP contribution in [0.5, 0.6) is 0 Å². The van der Waals surface area contributed by atoms with Gasteiger partial charge in [0.2, 0.25) is 5.09 Å². The highest BCUT2D eigenvalue weighted by Crippen LogP contribution is 2.40. The van der Waals surface area contributed by atoms with Crippen LogP contribution >= 0.6 is 0 Å². The molecule has 0 fully saturated rings. The molecule has 10 heteroatoms. The van der Waals surface area contributed by atoms with E-state index in [1.165, 1.54) is 0 Å². The van der Waals surface area contributed by atoms with Crippen LogP contribution in [0.1, 0.15) is 45.5 Å². The topological polar surface area (TPSA) is 132 Å². The average molecular weight is 407 g/mol. The Hall–Kier alpha value is -2.88. The lowest BCUT2D eigenvalue weighted by molar-refractivity contribution is 0.0696. The molecule has 1 atom stereocenters. The number of carboxylic acids is 1. The Morgan fingerprint density at radius 3 is 2.21 bits per heavy atom. The molecule has 0 radical (unpaired) electrons. The summed E-state index contributed by atoms with van der Waals surface area (Å²) in [6.45, 7) is 0. The highest BCUT2D eigenvalue weighted by molar-refractivity contribution is 7.91. The van der Waals surface area contributed by atoms with Crippen LogP contribution in [-0.4, -0.2) is 21.3 Å². The molecule has 0 saturated heterocycles. The summed E-state index contributed by atoms with van der Waals surface area (Å²) in [5.41, 5.74) is 3.04. The molecule has 1 heterocycles. The van der Waals surface area contributed by atoms with Crippen molar-refractivity contribution < 1.29 is 27.7 Å². The van der Waals surface area contributed by atoms with Crippen LogP contribution in [0.4, 0.5) is 14.9 Å². The maximum atomic E-state index is 14.7. The lowest BCUT2D eigenvalue weighted by atomic mass is 9.98. The van der Waals surface area contributed by atoms with Gasteiger partial charge in [0.05, 0.1) is 5.56 Å². The molecule has 2 aliphatic rings. The zero-order valence-corrected chi connectivity index (χ0v) is 15.6. The number of furan rings is 1. The van der Waals surface area contributed by atoms with Crippen molar-refractivity contribution in [2.24, 2.45) is 0 Å². The largest absolute Gasteiger partial charge is 0.478 e. The van der Waals surface area contributed by atoms with Gasteiger partial charge in [0.15, 0.2) is 9.92 Å². The van der Waals surface area contributed by atoms with E-state index < -0.39 is 27.0 Å². The van der Waals surface area contributed by atoms with E-state index in [9.17, 15) is 18.2 Å². The van der Waals surface area contributed by atoms with E-state index >= 15 is 0 Å². The number of halogens is 1. The molecule has 0 aliphatic heterocycles. The fraction of sp³-hybridized carbons (Fsp3) is 0.333. The van der Waals surface area contributed by atoms with Gasteiger partial charge in [-0.1, -0.05) is 0 Å². The van der Waals surface area contributed by atoms with E-state index in [0.717, 1.165) is 36.3 Å². The summed E-state index contributed by atoms with van der Waals surface area (Å²) in [6.07, 6.45) is 4.97. The second kappa shape index (κ2) is 6.62. The Labute approximate surface area is 160 Å². The molecule has 1 aromatic heterocycles. The van der Waals surface area contributed by atoms with E-state index in [1.54, 1.807) is 0 Å². The number of urea groups is 1. The minimum absolute atomic E-state index is 0.174. The first kappa shape index (κ1) is 18.5. The van der Waals surface area contributed by atoms with Crippen LogP contribution < -0.4 is 10.0 Å². The molecule has 2 amide bonds. The average Bonchev–Trinajstić information content (AvgIpc) is 3.38. The number of hydrogen-bond donors (Lipinski definition) is 4. The third kappa shape index (κ3) is 3.03. The number of nitrogens with one attached hydrogen (secondary N) is 3. The monoisotopic (exact) mass is 407 g/mol. The van der Waals surface area contributed by atoms with Crippen molar-refractivity contribution in [3.05, 3.63) is 46.0 Å². The molecule has 4 N–H and O–H groups in total. The Balaban J connectivity index is 1.60. The quantitative estimate of drug-likeness (QED) is 0.618. The molecule has 4 rings (SSSR count). The number of carboxylic acid groups (broad SMARTS) is 1. The lowest BCUT2D eigenvalue weighted by Crippen LogP contribution is -2.34. The van der Waals surface area contributed by atoms with Gasteiger partial charge in [-0.2, -0.15) is 0 Å². The summed E-state index contributed by atoms with van der Waals surface area (Å²) >= 11 is 0. The number of carbonyl (C=O) groups is 2. The van der Waals surface area contributed by atoms with Crippen molar-refractivity contribution in [3.63, 3.8) is 0 Å². The summed E-state index contributed by atoms with van der Waals surface area (Å²) in [5, 5.41) is 11.1. The van der Waals surface area contributed by atoms with E-state index in [-0.39, 0.29) is 11.4 Å². The summed E-state index contributed by atoms with van der Waals surface area (Å²) in [4.78, 5) is 23.4. The first-order chi connectivity index (χ1) is 13.3. The summed E-state index contributed by atoms with van der Waals surface area (Å²) in [7, 11) is -3.89. The van der Waals surface area contributed by atoms with Crippen LogP contribution in [0, 0.1) is 10.6 Å². The van der Waals surface area contributed by atoms with Gasteiger partial charge in [-0.05, 0) is 60.8 Å². The first-order valence-electron chi connectivity index (χ1n) is 8.82. The van der Waals surface area contributed by atoms with Gasteiger partial charge in [0, 0.05) is 11.8 Å². The van der Waals surface area contributed by atoms with Crippen LogP contribution in [0.2, 0.25) is 0 Å². The number of anilines is 1. The molecule has 1 unspecified atom stereocenters. The Morgan fingerprint density at radius 2 is 1.68 bits per heavy atom. The SMILES string of the molecule is N=S(=O)(NC(=O)Nc1c2c(c(F)c3c1CCC3)CCC2)c1cc(C(=O)O)co1. The van der Waals surface area contributed by atoms with E-state index in [0.29, 0.717) is 42.5 Å². The highest BCUT2D eigenvalue weighted by atomic mass is 32.2. The molecular weight excluding hydrogens is 389 g/mol. The van der Waals surface area contributed by atoms with E-state index in [4.69, 9.17) is 14.3 Å². The van der Waals surface area contributed by atoms with Gasteiger partial charge in [0.25, 0.3) is 0 Å². The van der Waals surface area contributed by atoms with Crippen molar-refractivity contribution >= 4 is 27.6 Å². The van der Waals surface area contributed by atoms with Gasteiger partial charge < -0.3 is 14.8 Å².